The number of fused-ring (bicyclic) bond motifs is 5. The molecule has 3 aromatic heterocycles. The second-order valence-electron chi connectivity index (χ2n) is 19.5. The molecule has 1 aliphatic heterocycles. The number of amides is 5. The third-order valence-electron chi connectivity index (χ3n) is 13.4. The lowest BCUT2D eigenvalue weighted by Gasteiger charge is -2.22. The van der Waals surface area contributed by atoms with Crippen molar-refractivity contribution in [2.24, 2.45) is 5.73 Å². The summed E-state index contributed by atoms with van der Waals surface area (Å²) in [5, 5.41) is 46.7. The lowest BCUT2D eigenvalue weighted by molar-refractivity contribution is -0.143. The molecular formula is C55H58N14O15S2. The van der Waals surface area contributed by atoms with E-state index in [2.05, 4.69) is 56.8 Å². The van der Waals surface area contributed by atoms with E-state index in [9.17, 15) is 63.3 Å². The second kappa shape index (κ2) is 28.0. The third-order valence-corrected chi connectivity index (χ3v) is 15.8. The Balaban J connectivity index is 0.750. The Morgan fingerprint density at radius 1 is 0.837 bits per heavy atom. The zero-order chi connectivity index (χ0) is 61.8. The van der Waals surface area contributed by atoms with Gasteiger partial charge in [0.25, 0.3) is 17.4 Å². The molecule has 450 valence electrons. The predicted octanol–water partition coefficient (Wildman–Crippen LogP) is 2.88. The highest BCUT2D eigenvalue weighted by atomic mass is 33.1. The molecule has 86 heavy (non-hydrogen) atoms. The van der Waals surface area contributed by atoms with Crippen molar-refractivity contribution >= 4 is 131 Å². The highest BCUT2D eigenvalue weighted by Crippen LogP contribution is 2.45. The first-order valence-electron chi connectivity index (χ1n) is 26.4. The van der Waals surface area contributed by atoms with Crippen LogP contribution in [0.3, 0.4) is 0 Å². The molecular weight excluding hydrogens is 1160 g/mol. The minimum absolute atomic E-state index is 0.00675. The number of aromatic amines is 2. The number of nitrogens with zero attached hydrogens (tertiary/aromatic N) is 4. The standard InChI is InChI=1S/C55H58N14O15S2/c1-26-24-69(51(77)38-18-28-17-30(58-2)11-12-35(28)63-38)40-20-41(32-5-3-4-6-33(32)44(26)40)84-55(82)83-15-16-85-86-25-39(53(80)81)66-49(75)37(19-43(71)72)65-48(74)34(56)23-60-42(70)14-13-36(52(78)79)64-47(73)27-7-9-29(10-8-27)59-21-31-22-61-46-45(62-31)50(76)68-54(57)67-46/h3-12,17-18,20,22,26,34,36-37,39,58-59,63H,13-16,19,21,23-25,56H2,1-2H3,(H,60,70)(H,64,73)(H,65,74)(H,66,75)(H,71,72)(H,78,79)(H,80,81)(H3,57,61,67,68,76). The van der Waals surface area contributed by atoms with Crippen molar-refractivity contribution in [2.75, 3.05) is 59.5 Å². The third kappa shape index (κ3) is 15.6. The van der Waals surface area contributed by atoms with Crippen LogP contribution in [0.15, 0.2) is 89.9 Å². The van der Waals surface area contributed by atoms with E-state index < -0.39 is 96.8 Å². The summed E-state index contributed by atoms with van der Waals surface area (Å²) in [7, 11) is 3.88. The Morgan fingerprint density at radius 2 is 1.56 bits per heavy atom. The number of hydrogen-bond acceptors (Lipinski definition) is 21. The Morgan fingerprint density at radius 3 is 2.28 bits per heavy atom. The minimum Gasteiger partial charge on any atom is -0.481 e. The Labute approximate surface area is 494 Å². The smallest absolute Gasteiger partial charge is 0.481 e. The molecule has 8 rings (SSSR count). The zero-order valence-electron chi connectivity index (χ0n) is 45.8. The number of rotatable bonds is 27. The van der Waals surface area contributed by atoms with Crippen LogP contribution in [0.4, 0.5) is 27.8 Å². The first kappa shape index (κ1) is 62.0. The quantitative estimate of drug-likeness (QED) is 0.0152. The molecule has 0 saturated carbocycles. The number of hydrogen-bond donors (Lipinski definition) is 13. The van der Waals surface area contributed by atoms with Crippen molar-refractivity contribution < 1.29 is 67.9 Å². The zero-order valence-corrected chi connectivity index (χ0v) is 47.5. The van der Waals surface area contributed by atoms with Gasteiger partial charge in [-0.15, -0.1) is 0 Å². The molecule has 0 fully saturated rings. The molecule has 15 N–H and O–H groups in total. The fraction of sp³-hybridized carbons (Fsp3) is 0.291. The number of H-pyrrole nitrogens is 2. The van der Waals surface area contributed by atoms with Gasteiger partial charge in [-0.25, -0.2) is 24.4 Å². The van der Waals surface area contributed by atoms with Crippen molar-refractivity contribution in [1.82, 2.24) is 46.2 Å². The van der Waals surface area contributed by atoms with Crippen LogP contribution >= 0.6 is 21.6 Å². The van der Waals surface area contributed by atoms with E-state index >= 15 is 0 Å². The number of ether oxygens (including phenoxy) is 2. The molecule has 0 bridgehead atoms. The Kier molecular flexibility index (Phi) is 20.2. The SMILES string of the molecule is CNc1ccc2[nH]c(C(=O)N3CC(C)c4c3cc(OC(=O)OCCSSCC(NC(=O)C(CC(=O)O)NC(=O)C(N)CNC(=O)CCC(NC(=O)c3ccc(NCc5cnc6nc(N)[nH]c(=O)c6n5)cc3)C(=O)O)C(=O)O)c3ccccc43)cc2c1. The van der Waals surface area contributed by atoms with E-state index in [4.69, 9.17) is 20.9 Å². The van der Waals surface area contributed by atoms with Gasteiger partial charge in [0.2, 0.25) is 23.7 Å². The summed E-state index contributed by atoms with van der Waals surface area (Å²) in [5.41, 5.74) is 15.6. The molecule has 4 heterocycles. The van der Waals surface area contributed by atoms with Crippen LogP contribution in [0.25, 0.3) is 32.8 Å². The number of benzene rings is 4. The molecule has 0 radical (unpaired) electrons. The highest BCUT2D eigenvalue weighted by molar-refractivity contribution is 8.76. The van der Waals surface area contributed by atoms with Crippen molar-refractivity contribution in [3.05, 3.63) is 118 Å². The van der Waals surface area contributed by atoms with Crippen LogP contribution in [0.1, 0.15) is 64.2 Å². The van der Waals surface area contributed by atoms with Crippen LogP contribution < -0.4 is 58.6 Å². The summed E-state index contributed by atoms with van der Waals surface area (Å²) in [6.45, 7) is 1.80. The largest absolute Gasteiger partial charge is 0.513 e. The van der Waals surface area contributed by atoms with E-state index in [0.29, 0.717) is 34.7 Å². The van der Waals surface area contributed by atoms with Crippen molar-refractivity contribution in [3.63, 3.8) is 0 Å². The molecule has 0 saturated heterocycles. The molecule has 1 aliphatic rings. The van der Waals surface area contributed by atoms with Gasteiger partial charge in [0.05, 0.1) is 30.5 Å². The number of nitrogens with one attached hydrogen (secondary N) is 8. The van der Waals surface area contributed by atoms with Gasteiger partial charge in [0.1, 0.15) is 42.2 Å². The average Bonchev–Trinajstić information content (AvgIpc) is 2.34. The number of carbonyl (C=O) groups excluding carboxylic acids is 6. The highest BCUT2D eigenvalue weighted by Gasteiger charge is 2.35. The minimum atomic E-state index is -1.81. The van der Waals surface area contributed by atoms with Crippen LogP contribution in [0.2, 0.25) is 0 Å². The van der Waals surface area contributed by atoms with Gasteiger partial charge in [-0.05, 0) is 65.9 Å². The Hall–Kier alpha value is -10.0. The van der Waals surface area contributed by atoms with Crippen molar-refractivity contribution in [1.29, 1.82) is 0 Å². The summed E-state index contributed by atoms with van der Waals surface area (Å²) in [5.74, 6) is -8.65. The monoisotopic (exact) mass is 1220 g/mol. The summed E-state index contributed by atoms with van der Waals surface area (Å²) < 4.78 is 11.1. The lowest BCUT2D eigenvalue weighted by atomic mass is 9.95. The first-order chi connectivity index (χ1) is 41.1. The van der Waals surface area contributed by atoms with Gasteiger partial charge >= 0.3 is 24.1 Å². The molecule has 5 unspecified atom stereocenters. The fourth-order valence-electron chi connectivity index (χ4n) is 9.11. The predicted molar refractivity (Wildman–Crippen MR) is 318 cm³/mol. The van der Waals surface area contributed by atoms with Crippen LogP contribution in [0.5, 0.6) is 5.75 Å². The Bertz CT molecular complexity index is 3830. The second-order valence-corrected chi connectivity index (χ2v) is 22.1. The van der Waals surface area contributed by atoms with Crippen LogP contribution in [-0.4, -0.2) is 156 Å². The normalized spacial score (nSPS) is 14.0. The number of aliphatic carboxylic acids is 3. The molecule has 4 aromatic carbocycles. The topological polar surface area (TPSA) is 448 Å². The van der Waals surface area contributed by atoms with E-state index in [-0.39, 0.29) is 71.3 Å². The lowest BCUT2D eigenvalue weighted by Crippen LogP contribution is -2.57. The van der Waals surface area contributed by atoms with Gasteiger partial charge in [-0.2, -0.15) is 4.98 Å². The molecule has 29 nitrogen and oxygen atoms in total. The van der Waals surface area contributed by atoms with Gasteiger partial charge in [0, 0.05) is 83.3 Å². The molecule has 5 amide bonds. The average molecular weight is 1220 g/mol. The van der Waals surface area contributed by atoms with E-state index in [0.717, 1.165) is 49.1 Å². The number of carbonyl (C=O) groups is 9. The first-order valence-corrected chi connectivity index (χ1v) is 28.9. The molecule has 5 atom stereocenters. The summed E-state index contributed by atoms with van der Waals surface area (Å²) in [6.07, 6.45) is -1.46. The molecule has 0 spiro atoms. The summed E-state index contributed by atoms with van der Waals surface area (Å²) >= 11 is 0. The fourth-order valence-corrected chi connectivity index (χ4v) is 11.1. The van der Waals surface area contributed by atoms with E-state index in [1.54, 1.807) is 41.3 Å². The van der Waals surface area contributed by atoms with Gasteiger partial charge in [0.15, 0.2) is 11.2 Å². The van der Waals surface area contributed by atoms with E-state index in [1.807, 2.05) is 44.3 Å². The number of anilines is 4. The maximum Gasteiger partial charge on any atom is 0.513 e. The molecule has 7 aromatic rings. The summed E-state index contributed by atoms with van der Waals surface area (Å²) in [6, 6.07) is 15.9. The van der Waals surface area contributed by atoms with Gasteiger partial charge in [-0.1, -0.05) is 52.8 Å². The number of nitrogens with two attached hydrogens (primary N) is 2. The van der Waals surface area contributed by atoms with Crippen molar-refractivity contribution in [2.45, 2.75) is 62.8 Å². The van der Waals surface area contributed by atoms with Crippen LogP contribution in [-0.2, 0) is 40.0 Å². The number of carboxylic acid groups (broad SMARTS) is 3. The maximum absolute atomic E-state index is 14.0. The van der Waals surface area contributed by atoms with E-state index in [1.165, 1.54) is 18.3 Å². The number of aromatic nitrogens is 5. The summed E-state index contributed by atoms with van der Waals surface area (Å²) in [4.78, 5) is 147. The van der Waals surface area contributed by atoms with Crippen molar-refractivity contribution in [3.8, 4) is 5.75 Å². The molecule has 31 heteroatoms. The van der Waals surface area contributed by atoms with Gasteiger partial charge < -0.3 is 78.0 Å². The number of carboxylic acids is 3. The number of nitrogen functional groups attached to an aromatic ring is 1. The van der Waals surface area contributed by atoms with Crippen LogP contribution in [0, 0.1) is 0 Å². The molecule has 0 aliphatic carbocycles. The maximum atomic E-state index is 14.0. The van der Waals surface area contributed by atoms with Gasteiger partial charge in [-0.3, -0.25) is 38.5 Å².